The lowest BCUT2D eigenvalue weighted by Crippen LogP contribution is -2.49. The van der Waals surface area contributed by atoms with E-state index in [9.17, 15) is 4.79 Å². The van der Waals surface area contributed by atoms with Gasteiger partial charge < -0.3 is 5.32 Å². The maximum atomic E-state index is 12.2. The first kappa shape index (κ1) is 14.5. The first-order valence-corrected chi connectivity index (χ1v) is 6.20. The molecule has 0 atom stereocenters. The van der Waals surface area contributed by atoms with Crippen molar-refractivity contribution in [2.75, 3.05) is 0 Å². The molecule has 0 aromatic heterocycles. The molecular formula is C13H27NO. The van der Waals surface area contributed by atoms with Crippen molar-refractivity contribution in [1.82, 2.24) is 5.32 Å². The van der Waals surface area contributed by atoms with Gasteiger partial charge in [0, 0.05) is 11.0 Å². The second-order valence-electron chi connectivity index (χ2n) is 5.03. The number of carbonyl (C=O) groups is 1. The van der Waals surface area contributed by atoms with Gasteiger partial charge in [-0.25, -0.2) is 0 Å². The lowest BCUT2D eigenvalue weighted by atomic mass is 9.78. The molecule has 0 aliphatic carbocycles. The van der Waals surface area contributed by atoms with E-state index in [1.165, 1.54) is 0 Å². The van der Waals surface area contributed by atoms with Crippen LogP contribution in [0.4, 0.5) is 0 Å². The minimum atomic E-state index is -0.160. The van der Waals surface area contributed by atoms with Crippen LogP contribution >= 0.6 is 0 Å². The Morgan fingerprint density at radius 3 is 1.60 bits per heavy atom. The van der Waals surface area contributed by atoms with Crippen LogP contribution in [0.1, 0.15) is 67.2 Å². The third-order valence-electron chi connectivity index (χ3n) is 3.85. The quantitative estimate of drug-likeness (QED) is 0.718. The van der Waals surface area contributed by atoms with E-state index in [1.807, 2.05) is 0 Å². The summed E-state index contributed by atoms with van der Waals surface area (Å²) in [6.45, 7) is 12.6. The highest BCUT2D eigenvalue weighted by Gasteiger charge is 2.35. The van der Waals surface area contributed by atoms with Crippen molar-refractivity contribution in [3.8, 4) is 0 Å². The zero-order chi connectivity index (χ0) is 12.1. The number of carbonyl (C=O) groups excluding carboxylic acids is 1. The Morgan fingerprint density at radius 2 is 1.33 bits per heavy atom. The van der Waals surface area contributed by atoms with Gasteiger partial charge in [-0.15, -0.1) is 0 Å². The van der Waals surface area contributed by atoms with E-state index in [-0.39, 0.29) is 16.9 Å². The Labute approximate surface area is 94.8 Å². The Bertz CT molecular complexity index is 196. The summed E-state index contributed by atoms with van der Waals surface area (Å²) in [5.74, 6) is 0.224. The molecule has 0 spiro atoms. The van der Waals surface area contributed by atoms with Crippen LogP contribution < -0.4 is 5.32 Å². The fourth-order valence-corrected chi connectivity index (χ4v) is 1.76. The predicted molar refractivity (Wildman–Crippen MR) is 65.8 cm³/mol. The lowest BCUT2D eigenvalue weighted by molar-refractivity contribution is -0.133. The van der Waals surface area contributed by atoms with Crippen molar-refractivity contribution in [3.05, 3.63) is 0 Å². The molecule has 90 valence electrons. The van der Waals surface area contributed by atoms with Gasteiger partial charge in [-0.2, -0.15) is 0 Å². The third-order valence-corrected chi connectivity index (χ3v) is 3.85. The van der Waals surface area contributed by atoms with Crippen molar-refractivity contribution < 1.29 is 4.79 Å². The molecule has 0 aliphatic rings. The topological polar surface area (TPSA) is 29.1 Å². The van der Waals surface area contributed by atoms with Gasteiger partial charge in [0.15, 0.2) is 0 Å². The highest BCUT2D eigenvalue weighted by molar-refractivity contribution is 5.83. The highest BCUT2D eigenvalue weighted by Crippen LogP contribution is 2.31. The monoisotopic (exact) mass is 213 g/mol. The van der Waals surface area contributed by atoms with Crippen LogP contribution in [0.25, 0.3) is 0 Å². The molecule has 0 radical (unpaired) electrons. The number of hydrogen-bond acceptors (Lipinski definition) is 1. The van der Waals surface area contributed by atoms with E-state index in [1.54, 1.807) is 0 Å². The number of rotatable bonds is 6. The van der Waals surface area contributed by atoms with Crippen molar-refractivity contribution in [1.29, 1.82) is 0 Å². The number of hydrogen-bond donors (Lipinski definition) is 1. The van der Waals surface area contributed by atoms with E-state index < -0.39 is 0 Å². The molecule has 0 saturated heterocycles. The summed E-state index contributed by atoms with van der Waals surface area (Å²) in [4.78, 5) is 12.2. The first-order valence-electron chi connectivity index (χ1n) is 6.20. The average molecular weight is 213 g/mol. The molecule has 0 unspecified atom stereocenters. The van der Waals surface area contributed by atoms with Gasteiger partial charge >= 0.3 is 0 Å². The van der Waals surface area contributed by atoms with E-state index in [2.05, 4.69) is 46.9 Å². The molecule has 0 bridgehead atoms. The van der Waals surface area contributed by atoms with E-state index in [0.717, 1.165) is 25.7 Å². The zero-order valence-corrected chi connectivity index (χ0v) is 11.2. The van der Waals surface area contributed by atoms with Gasteiger partial charge in [-0.05, 0) is 39.5 Å². The molecule has 0 aliphatic heterocycles. The van der Waals surface area contributed by atoms with Gasteiger partial charge in [-0.3, -0.25) is 4.79 Å². The summed E-state index contributed by atoms with van der Waals surface area (Å²) in [5, 5.41) is 3.16. The normalized spacial score (nSPS) is 12.7. The van der Waals surface area contributed by atoms with Crippen LogP contribution in [0.2, 0.25) is 0 Å². The van der Waals surface area contributed by atoms with Gasteiger partial charge in [-0.1, -0.05) is 27.7 Å². The van der Waals surface area contributed by atoms with Crippen molar-refractivity contribution in [2.45, 2.75) is 72.8 Å². The molecule has 15 heavy (non-hydrogen) atoms. The SMILES string of the molecule is CCC(C)(C)NC(=O)C(CC)(CC)CC. The summed E-state index contributed by atoms with van der Waals surface area (Å²) >= 11 is 0. The fourth-order valence-electron chi connectivity index (χ4n) is 1.76. The summed E-state index contributed by atoms with van der Waals surface area (Å²) in [6.07, 6.45) is 3.73. The van der Waals surface area contributed by atoms with E-state index in [4.69, 9.17) is 0 Å². The van der Waals surface area contributed by atoms with Crippen LogP contribution in [0.15, 0.2) is 0 Å². The maximum Gasteiger partial charge on any atom is 0.226 e. The van der Waals surface area contributed by atoms with Gasteiger partial charge in [0.05, 0.1) is 0 Å². The molecule has 2 heteroatoms. The largest absolute Gasteiger partial charge is 0.351 e. The average Bonchev–Trinajstić information content (AvgIpc) is 2.21. The van der Waals surface area contributed by atoms with Crippen LogP contribution in [0.3, 0.4) is 0 Å². The molecular weight excluding hydrogens is 186 g/mol. The van der Waals surface area contributed by atoms with Crippen LogP contribution in [-0.2, 0) is 4.79 Å². The van der Waals surface area contributed by atoms with E-state index in [0.29, 0.717) is 0 Å². The molecule has 0 fully saturated rings. The summed E-state index contributed by atoms with van der Waals surface area (Å²) < 4.78 is 0. The molecule has 0 rings (SSSR count). The molecule has 1 amide bonds. The van der Waals surface area contributed by atoms with Crippen LogP contribution in [0.5, 0.6) is 0 Å². The minimum Gasteiger partial charge on any atom is -0.351 e. The molecule has 0 saturated carbocycles. The molecule has 1 N–H and O–H groups in total. The van der Waals surface area contributed by atoms with Gasteiger partial charge in [0.25, 0.3) is 0 Å². The Balaban J connectivity index is 4.67. The minimum absolute atomic E-state index is 0.0815. The molecule has 0 heterocycles. The summed E-state index contributed by atoms with van der Waals surface area (Å²) in [7, 11) is 0. The molecule has 0 aromatic carbocycles. The number of amides is 1. The van der Waals surface area contributed by atoms with Crippen molar-refractivity contribution >= 4 is 5.91 Å². The fraction of sp³-hybridized carbons (Fsp3) is 0.923. The summed E-state index contributed by atoms with van der Waals surface area (Å²) in [6, 6.07) is 0. The van der Waals surface area contributed by atoms with Crippen LogP contribution in [0, 0.1) is 5.41 Å². The highest BCUT2D eigenvalue weighted by atomic mass is 16.2. The van der Waals surface area contributed by atoms with Crippen LogP contribution in [-0.4, -0.2) is 11.4 Å². The molecule has 2 nitrogen and oxygen atoms in total. The second-order valence-corrected chi connectivity index (χ2v) is 5.03. The zero-order valence-electron chi connectivity index (χ0n) is 11.2. The standard InChI is InChI=1S/C13H27NO/c1-7-12(5,6)14-11(15)13(8-2,9-3)10-4/h7-10H2,1-6H3,(H,14,15). The van der Waals surface area contributed by atoms with Crippen molar-refractivity contribution in [3.63, 3.8) is 0 Å². The first-order chi connectivity index (χ1) is 6.87. The Morgan fingerprint density at radius 1 is 0.933 bits per heavy atom. The van der Waals surface area contributed by atoms with Crippen molar-refractivity contribution in [2.24, 2.45) is 5.41 Å². The van der Waals surface area contributed by atoms with Gasteiger partial charge in [0.2, 0.25) is 5.91 Å². The Kier molecular flexibility index (Phi) is 5.33. The van der Waals surface area contributed by atoms with Gasteiger partial charge in [0.1, 0.15) is 0 Å². The smallest absolute Gasteiger partial charge is 0.226 e. The second kappa shape index (κ2) is 5.53. The van der Waals surface area contributed by atoms with E-state index >= 15 is 0 Å². The Hall–Kier alpha value is -0.530. The molecule has 0 aromatic rings. The third kappa shape index (κ3) is 3.51. The summed E-state index contributed by atoms with van der Waals surface area (Å²) in [5.41, 5.74) is -0.242. The maximum absolute atomic E-state index is 12.2. The lowest BCUT2D eigenvalue weighted by Gasteiger charge is -2.34. The number of nitrogens with one attached hydrogen (secondary N) is 1. The predicted octanol–water partition coefficient (Wildman–Crippen LogP) is 3.51.